The Morgan fingerprint density at radius 2 is 1.73 bits per heavy atom. The Bertz CT molecular complexity index is 976. The highest BCUT2D eigenvalue weighted by molar-refractivity contribution is 5.80. The van der Waals surface area contributed by atoms with E-state index >= 15 is 0 Å². The molecule has 1 fully saturated rings. The predicted molar refractivity (Wildman–Crippen MR) is 120 cm³/mol. The number of guanidine groups is 1. The number of aliphatic imine (C=N–C) groups is 1. The van der Waals surface area contributed by atoms with Crippen LogP contribution in [0.25, 0.3) is 5.69 Å². The third kappa shape index (κ3) is 4.56. The topological polar surface area (TPSA) is 68.9 Å². The Labute approximate surface area is 177 Å². The van der Waals surface area contributed by atoms with E-state index in [1.54, 1.807) is 6.07 Å². The lowest BCUT2D eigenvalue weighted by Crippen LogP contribution is -2.52. The molecule has 2 heterocycles. The summed E-state index contributed by atoms with van der Waals surface area (Å²) in [6, 6.07) is 19.6. The molecule has 156 valence electrons. The molecule has 3 aromatic rings. The van der Waals surface area contributed by atoms with Crippen molar-refractivity contribution in [3.63, 3.8) is 0 Å². The zero-order valence-corrected chi connectivity index (χ0v) is 17.3. The van der Waals surface area contributed by atoms with Gasteiger partial charge >= 0.3 is 0 Å². The Morgan fingerprint density at radius 1 is 1.00 bits per heavy atom. The van der Waals surface area contributed by atoms with Crippen LogP contribution in [-0.4, -0.2) is 58.5 Å². The number of hydrogen-bond donors (Lipinski definition) is 2. The summed E-state index contributed by atoms with van der Waals surface area (Å²) in [6.07, 6.45) is 1.97. The molecule has 1 aromatic heterocycles. The number of aromatic nitrogens is 2. The maximum Gasteiger partial charge on any atom is 0.194 e. The summed E-state index contributed by atoms with van der Waals surface area (Å²) in [5.74, 6) is 1.24. The summed E-state index contributed by atoms with van der Waals surface area (Å²) in [5.41, 5.74) is 2.87. The summed E-state index contributed by atoms with van der Waals surface area (Å²) in [6.45, 7) is 6.79. The second-order valence-corrected chi connectivity index (χ2v) is 7.22. The average Bonchev–Trinajstić information content (AvgIpc) is 3.27. The van der Waals surface area contributed by atoms with Gasteiger partial charge in [0, 0.05) is 38.9 Å². The van der Waals surface area contributed by atoms with Crippen molar-refractivity contribution in [2.24, 2.45) is 4.99 Å². The van der Waals surface area contributed by atoms with Crippen molar-refractivity contribution in [3.05, 3.63) is 72.6 Å². The van der Waals surface area contributed by atoms with E-state index in [-0.39, 0.29) is 0 Å². The lowest BCUT2D eigenvalue weighted by molar-refractivity contribution is 0.369. The average molecular weight is 405 g/mol. The standard InChI is InChI=1S/C23H28N6O/c1-2-24-23(25-18-19-12-13-29(26-19)20-8-4-3-5-9-20)28-16-14-27(15-17-28)21-10-6-7-11-22(21)30/h3-13,30H,2,14-18H2,1H3,(H,24,25). The summed E-state index contributed by atoms with van der Waals surface area (Å²) in [4.78, 5) is 9.31. The zero-order valence-electron chi connectivity index (χ0n) is 17.3. The molecule has 0 spiro atoms. The summed E-state index contributed by atoms with van der Waals surface area (Å²) < 4.78 is 1.88. The number of hydrogen-bond acceptors (Lipinski definition) is 4. The van der Waals surface area contributed by atoms with E-state index in [1.807, 2.05) is 65.5 Å². The number of nitrogens with one attached hydrogen (secondary N) is 1. The number of benzene rings is 2. The molecule has 30 heavy (non-hydrogen) atoms. The first-order valence-corrected chi connectivity index (χ1v) is 10.4. The molecular weight excluding hydrogens is 376 g/mol. The third-order valence-corrected chi connectivity index (χ3v) is 5.19. The summed E-state index contributed by atoms with van der Waals surface area (Å²) in [5, 5.41) is 18.2. The highest BCUT2D eigenvalue weighted by Gasteiger charge is 2.21. The lowest BCUT2D eigenvalue weighted by Gasteiger charge is -2.37. The molecule has 0 saturated carbocycles. The SMILES string of the molecule is CCNC(=NCc1ccn(-c2ccccc2)n1)N1CCN(c2ccccc2O)CC1. The van der Waals surface area contributed by atoms with Crippen LogP contribution in [0.1, 0.15) is 12.6 Å². The van der Waals surface area contributed by atoms with Gasteiger partial charge in [-0.25, -0.2) is 9.67 Å². The van der Waals surface area contributed by atoms with Gasteiger partial charge in [0.15, 0.2) is 5.96 Å². The number of anilines is 1. The van der Waals surface area contributed by atoms with Crippen LogP contribution in [-0.2, 0) is 6.54 Å². The highest BCUT2D eigenvalue weighted by atomic mass is 16.3. The first kappa shape index (κ1) is 19.8. The summed E-state index contributed by atoms with van der Waals surface area (Å²) >= 11 is 0. The van der Waals surface area contributed by atoms with E-state index in [4.69, 9.17) is 4.99 Å². The molecule has 7 heteroatoms. The van der Waals surface area contributed by atoms with E-state index in [9.17, 15) is 5.11 Å². The van der Waals surface area contributed by atoms with Crippen molar-refractivity contribution in [3.8, 4) is 11.4 Å². The van der Waals surface area contributed by atoms with E-state index in [1.165, 1.54) is 0 Å². The lowest BCUT2D eigenvalue weighted by atomic mass is 10.2. The fourth-order valence-corrected chi connectivity index (χ4v) is 3.64. The number of nitrogens with zero attached hydrogens (tertiary/aromatic N) is 5. The van der Waals surface area contributed by atoms with Crippen molar-refractivity contribution in [2.45, 2.75) is 13.5 Å². The number of phenolic OH excluding ortho intramolecular Hbond substituents is 1. The molecule has 1 saturated heterocycles. The van der Waals surface area contributed by atoms with Gasteiger partial charge in [0.2, 0.25) is 0 Å². The van der Waals surface area contributed by atoms with Crippen LogP contribution in [0.4, 0.5) is 5.69 Å². The van der Waals surface area contributed by atoms with Gasteiger partial charge in [-0.15, -0.1) is 0 Å². The molecule has 0 aliphatic carbocycles. The molecule has 1 aliphatic rings. The van der Waals surface area contributed by atoms with Crippen molar-refractivity contribution < 1.29 is 5.11 Å². The summed E-state index contributed by atoms with van der Waals surface area (Å²) in [7, 11) is 0. The molecule has 0 bridgehead atoms. The number of aromatic hydroxyl groups is 1. The molecular formula is C23H28N6O. The predicted octanol–water partition coefficient (Wildman–Crippen LogP) is 2.87. The first-order valence-electron chi connectivity index (χ1n) is 10.4. The van der Waals surface area contributed by atoms with Gasteiger partial charge in [0.25, 0.3) is 0 Å². The third-order valence-electron chi connectivity index (χ3n) is 5.19. The first-order chi connectivity index (χ1) is 14.7. The Morgan fingerprint density at radius 3 is 2.47 bits per heavy atom. The number of para-hydroxylation sites is 3. The maximum atomic E-state index is 10.1. The van der Waals surface area contributed by atoms with Gasteiger partial charge in [-0.3, -0.25) is 0 Å². The number of piperazine rings is 1. The smallest absolute Gasteiger partial charge is 0.194 e. The Hall–Kier alpha value is -3.48. The monoisotopic (exact) mass is 404 g/mol. The van der Waals surface area contributed by atoms with Crippen LogP contribution in [0.15, 0.2) is 71.9 Å². The van der Waals surface area contributed by atoms with Gasteiger partial charge in [0.05, 0.1) is 23.6 Å². The second kappa shape index (κ2) is 9.35. The molecule has 0 atom stereocenters. The van der Waals surface area contributed by atoms with Crippen LogP contribution in [0.3, 0.4) is 0 Å². The van der Waals surface area contributed by atoms with Gasteiger partial charge < -0.3 is 20.2 Å². The fraction of sp³-hybridized carbons (Fsp3) is 0.304. The van der Waals surface area contributed by atoms with Crippen molar-refractivity contribution in [2.75, 3.05) is 37.6 Å². The molecule has 1 aliphatic heterocycles. The molecule has 2 aromatic carbocycles. The zero-order chi connectivity index (χ0) is 20.8. The number of rotatable bonds is 5. The molecule has 7 nitrogen and oxygen atoms in total. The maximum absolute atomic E-state index is 10.1. The fourth-order valence-electron chi connectivity index (χ4n) is 3.64. The minimum atomic E-state index is 0.334. The van der Waals surface area contributed by atoms with Crippen LogP contribution >= 0.6 is 0 Å². The second-order valence-electron chi connectivity index (χ2n) is 7.22. The molecule has 2 N–H and O–H groups in total. The van der Waals surface area contributed by atoms with Crippen LogP contribution in [0.5, 0.6) is 5.75 Å². The van der Waals surface area contributed by atoms with Crippen molar-refractivity contribution >= 4 is 11.6 Å². The molecule has 0 amide bonds. The Kier molecular flexibility index (Phi) is 6.17. The van der Waals surface area contributed by atoms with Gasteiger partial charge in [-0.1, -0.05) is 30.3 Å². The van der Waals surface area contributed by atoms with Crippen molar-refractivity contribution in [1.29, 1.82) is 0 Å². The largest absolute Gasteiger partial charge is 0.506 e. The van der Waals surface area contributed by atoms with Gasteiger partial charge in [0.1, 0.15) is 5.75 Å². The van der Waals surface area contributed by atoms with Gasteiger partial charge in [-0.05, 0) is 37.3 Å². The van der Waals surface area contributed by atoms with Gasteiger partial charge in [-0.2, -0.15) is 5.10 Å². The minimum Gasteiger partial charge on any atom is -0.506 e. The molecule has 0 unspecified atom stereocenters. The van der Waals surface area contributed by atoms with E-state index in [0.29, 0.717) is 12.3 Å². The van der Waals surface area contributed by atoms with Crippen LogP contribution < -0.4 is 10.2 Å². The van der Waals surface area contributed by atoms with E-state index in [2.05, 4.69) is 27.1 Å². The van der Waals surface area contributed by atoms with E-state index < -0.39 is 0 Å². The normalized spacial score (nSPS) is 14.8. The quantitative estimate of drug-likeness (QED) is 0.506. The van der Waals surface area contributed by atoms with E-state index in [0.717, 1.165) is 55.8 Å². The van der Waals surface area contributed by atoms with Crippen LogP contribution in [0.2, 0.25) is 0 Å². The Balaban J connectivity index is 1.40. The molecule has 4 rings (SSSR count). The minimum absolute atomic E-state index is 0.334. The number of phenols is 1. The molecule has 0 radical (unpaired) electrons. The van der Waals surface area contributed by atoms with Crippen molar-refractivity contribution in [1.82, 2.24) is 20.0 Å². The van der Waals surface area contributed by atoms with Crippen LogP contribution in [0, 0.1) is 0 Å². The highest BCUT2D eigenvalue weighted by Crippen LogP contribution is 2.27.